The van der Waals surface area contributed by atoms with Gasteiger partial charge in [0, 0.05) is 30.1 Å². The molecule has 2 aromatic heterocycles. The lowest BCUT2D eigenvalue weighted by atomic mass is 10.1. The van der Waals surface area contributed by atoms with Crippen molar-refractivity contribution in [1.29, 1.82) is 0 Å². The second kappa shape index (κ2) is 5.24. The number of anilines is 1. The van der Waals surface area contributed by atoms with E-state index in [1.165, 1.54) is 4.88 Å². The average molecular weight is 290 g/mol. The van der Waals surface area contributed by atoms with E-state index in [2.05, 4.69) is 45.4 Å². The molecule has 0 saturated carbocycles. The number of hydrogen-bond acceptors (Lipinski definition) is 6. The summed E-state index contributed by atoms with van der Waals surface area (Å²) in [5.41, 5.74) is 6.51. The lowest BCUT2D eigenvalue weighted by Gasteiger charge is -2.17. The van der Waals surface area contributed by atoms with Crippen LogP contribution in [-0.4, -0.2) is 39.7 Å². The number of nitrogens with one attached hydrogen (secondary N) is 1. The van der Waals surface area contributed by atoms with E-state index in [4.69, 9.17) is 5.73 Å². The minimum absolute atomic E-state index is 0.362. The minimum atomic E-state index is 0.362. The molecule has 0 fully saturated rings. The molecule has 0 saturated heterocycles. The Balaban J connectivity index is 1.73. The first-order valence-corrected chi connectivity index (χ1v) is 7.50. The summed E-state index contributed by atoms with van der Waals surface area (Å²) in [6.45, 7) is 6.37. The van der Waals surface area contributed by atoms with Gasteiger partial charge in [0.1, 0.15) is 5.69 Å². The monoisotopic (exact) mass is 290 g/mol. The Morgan fingerprint density at radius 1 is 1.45 bits per heavy atom. The van der Waals surface area contributed by atoms with Gasteiger partial charge in [0.15, 0.2) is 5.82 Å². The van der Waals surface area contributed by atoms with Crippen molar-refractivity contribution >= 4 is 23.4 Å². The molecule has 0 spiro atoms. The molecule has 0 radical (unpaired) electrons. The van der Waals surface area contributed by atoms with Gasteiger partial charge in [-0.05, 0) is 18.1 Å². The van der Waals surface area contributed by atoms with Gasteiger partial charge in [0.2, 0.25) is 0 Å². The van der Waals surface area contributed by atoms with Gasteiger partial charge in [-0.25, -0.2) is 0 Å². The number of nitrogen functional groups attached to an aromatic ring is 1. The van der Waals surface area contributed by atoms with Crippen LogP contribution in [0.2, 0.25) is 0 Å². The fourth-order valence-electron chi connectivity index (χ4n) is 2.30. The molecule has 1 aliphatic heterocycles. The smallest absolute Gasteiger partial charge is 0.174 e. The van der Waals surface area contributed by atoms with Gasteiger partial charge in [-0.2, -0.15) is 15.4 Å². The second-order valence-corrected chi connectivity index (χ2v) is 6.51. The molecule has 1 unspecified atom stereocenters. The number of rotatable bonds is 4. The van der Waals surface area contributed by atoms with E-state index in [0.29, 0.717) is 17.7 Å². The van der Waals surface area contributed by atoms with Gasteiger partial charge < -0.3 is 5.73 Å². The van der Waals surface area contributed by atoms with Gasteiger partial charge >= 0.3 is 0 Å². The van der Waals surface area contributed by atoms with Crippen LogP contribution in [0.3, 0.4) is 0 Å². The van der Waals surface area contributed by atoms with Crippen molar-refractivity contribution in [3.8, 4) is 10.6 Å². The summed E-state index contributed by atoms with van der Waals surface area (Å²) >= 11 is 1.70. The van der Waals surface area contributed by atoms with E-state index < -0.39 is 0 Å². The van der Waals surface area contributed by atoms with E-state index >= 15 is 0 Å². The first-order valence-electron chi connectivity index (χ1n) is 6.69. The predicted octanol–water partition coefficient (Wildman–Crippen LogP) is 2.16. The standard InChI is InChI=1S/C13H18N6S/c1-8(2)6-19-7-9(5-15-19)10-3-4-11(20-10)12-13(14)17-18-16-12/h3-5,8-9H,6-7H2,1-2H3,(H3,14,16,17,18). The van der Waals surface area contributed by atoms with Crippen molar-refractivity contribution < 1.29 is 0 Å². The van der Waals surface area contributed by atoms with Gasteiger partial charge in [-0.1, -0.05) is 13.8 Å². The molecule has 7 heteroatoms. The first-order chi connectivity index (χ1) is 9.63. The molecule has 1 aliphatic rings. The number of H-pyrrole nitrogens is 1. The molecule has 0 aromatic carbocycles. The molecule has 106 valence electrons. The number of thiophene rings is 1. The van der Waals surface area contributed by atoms with Crippen molar-refractivity contribution in [2.24, 2.45) is 11.0 Å². The molecule has 3 heterocycles. The zero-order valence-electron chi connectivity index (χ0n) is 11.6. The number of aromatic nitrogens is 3. The Morgan fingerprint density at radius 3 is 3.00 bits per heavy atom. The van der Waals surface area contributed by atoms with Crippen molar-refractivity contribution in [3.05, 3.63) is 17.0 Å². The van der Waals surface area contributed by atoms with Crippen LogP contribution in [0.15, 0.2) is 17.2 Å². The summed E-state index contributed by atoms with van der Waals surface area (Å²) < 4.78 is 0. The fraction of sp³-hybridized carbons (Fsp3) is 0.462. The van der Waals surface area contributed by atoms with Gasteiger partial charge in [-0.3, -0.25) is 5.01 Å². The Labute approximate surface area is 121 Å². The molecule has 0 aliphatic carbocycles. The quantitative estimate of drug-likeness (QED) is 0.904. The third kappa shape index (κ3) is 2.53. The van der Waals surface area contributed by atoms with Crippen LogP contribution in [0, 0.1) is 5.92 Å². The number of aromatic amines is 1. The van der Waals surface area contributed by atoms with E-state index in [-0.39, 0.29) is 0 Å². The summed E-state index contributed by atoms with van der Waals surface area (Å²) in [7, 11) is 0. The lowest BCUT2D eigenvalue weighted by molar-refractivity contribution is 0.274. The van der Waals surface area contributed by atoms with Crippen molar-refractivity contribution in [1.82, 2.24) is 20.4 Å². The van der Waals surface area contributed by atoms with E-state index in [9.17, 15) is 0 Å². The summed E-state index contributed by atoms with van der Waals surface area (Å²) in [6, 6.07) is 4.18. The molecule has 6 nitrogen and oxygen atoms in total. The zero-order chi connectivity index (χ0) is 14.1. The molecular formula is C13H18N6S. The molecule has 0 bridgehead atoms. The second-order valence-electron chi connectivity index (χ2n) is 5.40. The minimum Gasteiger partial charge on any atom is -0.380 e. The van der Waals surface area contributed by atoms with E-state index in [1.807, 2.05) is 12.3 Å². The van der Waals surface area contributed by atoms with Crippen molar-refractivity contribution in [2.45, 2.75) is 19.8 Å². The van der Waals surface area contributed by atoms with Crippen LogP contribution in [0.4, 0.5) is 5.82 Å². The van der Waals surface area contributed by atoms with Crippen molar-refractivity contribution in [2.75, 3.05) is 18.8 Å². The topological polar surface area (TPSA) is 83.2 Å². The number of hydrazone groups is 1. The van der Waals surface area contributed by atoms with Crippen LogP contribution in [0.1, 0.15) is 24.6 Å². The highest BCUT2D eigenvalue weighted by Gasteiger charge is 2.22. The highest BCUT2D eigenvalue weighted by Crippen LogP contribution is 2.34. The molecule has 2 aromatic rings. The van der Waals surface area contributed by atoms with Crippen LogP contribution in [0.5, 0.6) is 0 Å². The maximum absolute atomic E-state index is 5.78. The van der Waals surface area contributed by atoms with Crippen LogP contribution < -0.4 is 5.73 Å². The van der Waals surface area contributed by atoms with Gasteiger partial charge in [-0.15, -0.1) is 16.4 Å². The highest BCUT2D eigenvalue weighted by molar-refractivity contribution is 7.15. The Hall–Kier alpha value is -1.89. The Kier molecular flexibility index (Phi) is 3.43. The SMILES string of the molecule is CC(C)CN1CC(c2ccc(-c3n[nH]nc3N)s2)C=N1. The van der Waals surface area contributed by atoms with E-state index in [1.54, 1.807) is 11.3 Å². The molecule has 0 amide bonds. The number of nitrogens with two attached hydrogens (primary N) is 1. The van der Waals surface area contributed by atoms with Gasteiger partial charge in [0.25, 0.3) is 0 Å². The summed E-state index contributed by atoms with van der Waals surface area (Å²) in [5.74, 6) is 1.43. The predicted molar refractivity (Wildman–Crippen MR) is 81.8 cm³/mol. The summed E-state index contributed by atoms with van der Waals surface area (Å²) in [4.78, 5) is 2.33. The summed E-state index contributed by atoms with van der Waals surface area (Å²) in [5, 5.41) is 17.1. The number of nitrogens with zero attached hydrogens (tertiary/aromatic N) is 4. The Bertz CT molecular complexity index is 614. The van der Waals surface area contributed by atoms with Gasteiger partial charge in [0.05, 0.1) is 4.88 Å². The maximum Gasteiger partial charge on any atom is 0.174 e. The summed E-state index contributed by atoms with van der Waals surface area (Å²) in [6.07, 6.45) is 2.03. The average Bonchev–Trinajstić information content (AvgIpc) is 3.07. The third-order valence-electron chi connectivity index (χ3n) is 3.19. The number of hydrogen-bond donors (Lipinski definition) is 2. The molecule has 20 heavy (non-hydrogen) atoms. The van der Waals surface area contributed by atoms with Crippen LogP contribution in [0.25, 0.3) is 10.6 Å². The molecular weight excluding hydrogens is 272 g/mol. The van der Waals surface area contributed by atoms with Crippen LogP contribution >= 0.6 is 11.3 Å². The third-order valence-corrected chi connectivity index (χ3v) is 4.42. The largest absolute Gasteiger partial charge is 0.380 e. The Morgan fingerprint density at radius 2 is 2.30 bits per heavy atom. The molecule has 3 N–H and O–H groups in total. The fourth-order valence-corrected chi connectivity index (χ4v) is 3.36. The van der Waals surface area contributed by atoms with Crippen molar-refractivity contribution in [3.63, 3.8) is 0 Å². The normalized spacial score (nSPS) is 18.4. The maximum atomic E-state index is 5.78. The van der Waals surface area contributed by atoms with Crippen LogP contribution in [-0.2, 0) is 0 Å². The lowest BCUT2D eigenvalue weighted by Crippen LogP contribution is -2.21. The molecule has 1 atom stereocenters. The highest BCUT2D eigenvalue weighted by atomic mass is 32.1. The zero-order valence-corrected chi connectivity index (χ0v) is 12.4. The first kappa shape index (κ1) is 13.1. The molecule has 3 rings (SSSR count). The van der Waals surface area contributed by atoms with E-state index in [0.717, 1.165) is 23.7 Å².